The van der Waals surface area contributed by atoms with Crippen molar-refractivity contribution in [1.82, 2.24) is 0 Å². The van der Waals surface area contributed by atoms with Crippen LogP contribution in [0.2, 0.25) is 0 Å². The maximum absolute atomic E-state index is 5.45. The number of benzene rings is 1. The molecule has 3 heteroatoms. The molecule has 2 rings (SSSR count). The summed E-state index contributed by atoms with van der Waals surface area (Å²) in [5, 5.41) is 0. The topological polar surface area (TPSA) is 9.23 Å². The monoisotopic (exact) mass is 332 g/mol. The van der Waals surface area contributed by atoms with E-state index in [2.05, 4.69) is 51.8 Å². The summed E-state index contributed by atoms with van der Waals surface area (Å²) >= 11 is 7.36. The van der Waals surface area contributed by atoms with Crippen molar-refractivity contribution in [1.29, 1.82) is 0 Å². The van der Waals surface area contributed by atoms with Crippen molar-refractivity contribution in [3.05, 3.63) is 27.7 Å². The number of rotatable bonds is 1. The van der Waals surface area contributed by atoms with Crippen LogP contribution in [0.4, 0.5) is 0 Å². The van der Waals surface area contributed by atoms with Crippen molar-refractivity contribution in [2.24, 2.45) is 0 Å². The molecule has 82 valence electrons. The van der Waals surface area contributed by atoms with Crippen LogP contribution in [0.5, 0.6) is 5.75 Å². The number of halogens is 2. The van der Waals surface area contributed by atoms with Gasteiger partial charge in [0.25, 0.3) is 0 Å². The van der Waals surface area contributed by atoms with Gasteiger partial charge in [-0.2, -0.15) is 0 Å². The van der Waals surface area contributed by atoms with E-state index in [0.717, 1.165) is 12.2 Å². The maximum Gasteiger partial charge on any atom is 0.122 e. The lowest BCUT2D eigenvalue weighted by molar-refractivity contribution is 0.395. The van der Waals surface area contributed by atoms with Crippen molar-refractivity contribution in [2.45, 2.75) is 30.5 Å². The van der Waals surface area contributed by atoms with Crippen LogP contribution in [0.3, 0.4) is 0 Å². The highest BCUT2D eigenvalue weighted by molar-refractivity contribution is 9.11. The molecule has 0 heterocycles. The molecule has 0 spiro atoms. The molecule has 1 aliphatic carbocycles. The quantitative estimate of drug-likeness (QED) is 0.684. The Morgan fingerprint density at radius 3 is 2.67 bits per heavy atom. The van der Waals surface area contributed by atoms with E-state index in [0.29, 0.717) is 4.83 Å². The van der Waals surface area contributed by atoms with E-state index in [1.807, 2.05) is 6.07 Å². The van der Waals surface area contributed by atoms with Gasteiger partial charge in [0.1, 0.15) is 5.75 Å². The molecule has 0 radical (unpaired) electrons. The molecule has 0 fully saturated rings. The third-order valence-electron chi connectivity index (χ3n) is 3.05. The van der Waals surface area contributed by atoms with E-state index in [9.17, 15) is 0 Å². The van der Waals surface area contributed by atoms with Gasteiger partial charge in [-0.25, -0.2) is 0 Å². The van der Waals surface area contributed by atoms with Gasteiger partial charge in [-0.05, 0) is 29.5 Å². The number of fused-ring (bicyclic) bond motifs is 1. The molecule has 1 aromatic rings. The molecular weight excluding hydrogens is 320 g/mol. The fourth-order valence-electron chi connectivity index (χ4n) is 2.40. The number of hydrogen-bond donors (Lipinski definition) is 0. The number of methoxy groups -OCH3 is 1. The Labute approximate surface area is 107 Å². The van der Waals surface area contributed by atoms with E-state index in [4.69, 9.17) is 4.74 Å². The highest BCUT2D eigenvalue weighted by Gasteiger charge is 2.39. The molecule has 0 aromatic heterocycles. The second-order valence-electron chi connectivity index (χ2n) is 4.59. The van der Waals surface area contributed by atoms with Gasteiger partial charge in [-0.1, -0.05) is 45.7 Å². The predicted molar refractivity (Wildman–Crippen MR) is 70.0 cm³/mol. The number of ether oxygens (including phenoxy) is 1. The van der Waals surface area contributed by atoms with Crippen LogP contribution < -0.4 is 4.74 Å². The Hall–Kier alpha value is -0.0200. The lowest BCUT2D eigenvalue weighted by Gasteiger charge is -2.21. The van der Waals surface area contributed by atoms with Crippen molar-refractivity contribution < 1.29 is 4.74 Å². The molecule has 15 heavy (non-hydrogen) atoms. The smallest absolute Gasteiger partial charge is 0.122 e. The Kier molecular flexibility index (Phi) is 2.89. The van der Waals surface area contributed by atoms with Gasteiger partial charge >= 0.3 is 0 Å². The first-order valence-corrected chi connectivity index (χ1v) is 6.69. The van der Waals surface area contributed by atoms with E-state index >= 15 is 0 Å². The summed E-state index contributed by atoms with van der Waals surface area (Å²) in [5.74, 6) is 1.00. The molecule has 0 saturated carbocycles. The normalized spacial score (nSPS) is 22.6. The van der Waals surface area contributed by atoms with Crippen molar-refractivity contribution in [3.63, 3.8) is 0 Å². The summed E-state index contributed by atoms with van der Waals surface area (Å²) in [6.07, 6.45) is 1.11. The van der Waals surface area contributed by atoms with Gasteiger partial charge in [-0.15, -0.1) is 0 Å². The summed E-state index contributed by atoms with van der Waals surface area (Å²) < 4.78 is 6.63. The fourth-order valence-corrected chi connectivity index (χ4v) is 4.60. The highest BCUT2D eigenvalue weighted by atomic mass is 79.9. The first-order valence-electron chi connectivity index (χ1n) is 4.98. The zero-order valence-electron chi connectivity index (χ0n) is 9.10. The predicted octanol–water partition coefficient (Wildman–Crippen LogP) is 4.58. The van der Waals surface area contributed by atoms with E-state index in [1.165, 1.54) is 15.6 Å². The van der Waals surface area contributed by atoms with Crippen molar-refractivity contribution in [2.75, 3.05) is 7.11 Å². The summed E-state index contributed by atoms with van der Waals surface area (Å²) in [5.41, 5.74) is 2.86. The third-order valence-corrected chi connectivity index (χ3v) is 4.53. The molecule has 1 nitrogen and oxygen atoms in total. The molecule has 0 aliphatic heterocycles. The van der Waals surface area contributed by atoms with Crippen LogP contribution in [-0.2, 0) is 5.41 Å². The first-order chi connectivity index (χ1) is 6.97. The van der Waals surface area contributed by atoms with Gasteiger partial charge in [-0.3, -0.25) is 0 Å². The maximum atomic E-state index is 5.45. The van der Waals surface area contributed by atoms with E-state index in [-0.39, 0.29) is 5.41 Å². The Balaban J connectivity index is 2.71. The molecule has 0 N–H and O–H groups in total. The zero-order valence-corrected chi connectivity index (χ0v) is 12.3. The second-order valence-corrected chi connectivity index (χ2v) is 6.55. The second kappa shape index (κ2) is 3.77. The van der Waals surface area contributed by atoms with Crippen LogP contribution in [0.25, 0.3) is 0 Å². The summed E-state index contributed by atoms with van der Waals surface area (Å²) in [6.45, 7) is 4.53. The van der Waals surface area contributed by atoms with Gasteiger partial charge in [0.15, 0.2) is 0 Å². The van der Waals surface area contributed by atoms with Gasteiger partial charge < -0.3 is 4.74 Å². The minimum atomic E-state index is 0.179. The van der Waals surface area contributed by atoms with E-state index < -0.39 is 0 Å². The van der Waals surface area contributed by atoms with Gasteiger partial charge in [0, 0.05) is 14.9 Å². The van der Waals surface area contributed by atoms with Crippen molar-refractivity contribution in [3.8, 4) is 5.75 Å². The largest absolute Gasteiger partial charge is 0.496 e. The Morgan fingerprint density at radius 2 is 2.07 bits per heavy atom. The fraction of sp³-hybridized carbons (Fsp3) is 0.500. The van der Waals surface area contributed by atoms with Crippen LogP contribution in [0, 0.1) is 0 Å². The molecule has 0 bridgehead atoms. The molecule has 0 amide bonds. The SMILES string of the molecule is COc1ccc(Br)c2c1C(C)(C)CC2Br. The molecule has 1 atom stereocenters. The van der Waals surface area contributed by atoms with Crippen LogP contribution in [0.1, 0.15) is 36.2 Å². The Morgan fingerprint density at radius 1 is 1.40 bits per heavy atom. The minimum absolute atomic E-state index is 0.179. The average Bonchev–Trinajstić information content (AvgIpc) is 2.39. The first kappa shape index (κ1) is 11.5. The van der Waals surface area contributed by atoms with Crippen LogP contribution in [0.15, 0.2) is 16.6 Å². The lowest BCUT2D eigenvalue weighted by atomic mass is 9.86. The minimum Gasteiger partial charge on any atom is -0.496 e. The number of alkyl halides is 1. The standard InChI is InChI=1S/C12H14Br2O/c1-12(2)6-8(14)10-7(13)4-5-9(15-3)11(10)12/h4-5,8H,6H2,1-3H3. The summed E-state index contributed by atoms with van der Waals surface area (Å²) in [6, 6.07) is 4.10. The number of hydrogen-bond acceptors (Lipinski definition) is 1. The van der Waals surface area contributed by atoms with Gasteiger partial charge in [0.05, 0.1) is 7.11 Å². The molecule has 0 saturated heterocycles. The van der Waals surface area contributed by atoms with E-state index in [1.54, 1.807) is 7.11 Å². The molecule has 1 aliphatic rings. The molecular formula is C12H14Br2O. The van der Waals surface area contributed by atoms with Gasteiger partial charge in [0.2, 0.25) is 0 Å². The van der Waals surface area contributed by atoms with Crippen molar-refractivity contribution >= 4 is 31.9 Å². The average molecular weight is 334 g/mol. The molecule has 1 aromatic carbocycles. The zero-order chi connectivity index (χ0) is 11.2. The Bertz CT molecular complexity index is 399. The summed E-state index contributed by atoms with van der Waals surface area (Å²) in [7, 11) is 1.74. The van der Waals surface area contributed by atoms with Crippen LogP contribution in [-0.4, -0.2) is 7.11 Å². The van der Waals surface area contributed by atoms with Crippen LogP contribution >= 0.6 is 31.9 Å². The molecule has 1 unspecified atom stereocenters. The lowest BCUT2D eigenvalue weighted by Crippen LogP contribution is -2.13. The summed E-state index contributed by atoms with van der Waals surface area (Å²) in [4.78, 5) is 0.423. The highest BCUT2D eigenvalue weighted by Crippen LogP contribution is 2.54. The third kappa shape index (κ3) is 1.74.